The zero-order chi connectivity index (χ0) is 18.8. The number of thiazole rings is 1. The molecule has 0 saturated heterocycles. The minimum atomic E-state index is -0.453. The van der Waals surface area contributed by atoms with Crippen LogP contribution in [0.5, 0.6) is 11.5 Å². The molecule has 0 radical (unpaired) electrons. The summed E-state index contributed by atoms with van der Waals surface area (Å²) in [6.45, 7) is 0. The maximum absolute atomic E-state index is 12.5. The van der Waals surface area contributed by atoms with E-state index in [9.17, 15) is 4.79 Å². The van der Waals surface area contributed by atoms with Crippen LogP contribution in [-0.2, 0) is 0 Å². The Hall–Kier alpha value is -3.32. The molecular formula is C20H16N2O4S. The highest BCUT2D eigenvalue weighted by Crippen LogP contribution is 2.30. The number of anilines is 2. The van der Waals surface area contributed by atoms with Gasteiger partial charge < -0.3 is 19.2 Å². The molecule has 2 heterocycles. The maximum Gasteiger partial charge on any atom is 0.345 e. The lowest BCUT2D eigenvalue weighted by Crippen LogP contribution is -2.03. The third-order valence-corrected chi connectivity index (χ3v) is 4.80. The van der Waals surface area contributed by atoms with Gasteiger partial charge in [-0.2, -0.15) is 0 Å². The van der Waals surface area contributed by atoms with E-state index in [2.05, 4.69) is 10.3 Å². The van der Waals surface area contributed by atoms with Crippen LogP contribution in [0.4, 0.5) is 10.8 Å². The van der Waals surface area contributed by atoms with Gasteiger partial charge in [-0.05, 0) is 24.3 Å². The van der Waals surface area contributed by atoms with Gasteiger partial charge in [0.1, 0.15) is 5.75 Å². The number of para-hydroxylation sites is 1. The van der Waals surface area contributed by atoms with Crippen LogP contribution in [0.2, 0.25) is 0 Å². The van der Waals surface area contributed by atoms with Gasteiger partial charge in [0.2, 0.25) is 0 Å². The lowest BCUT2D eigenvalue weighted by Gasteiger charge is -2.05. The predicted octanol–water partition coefficient (Wildman–Crippen LogP) is 4.68. The summed E-state index contributed by atoms with van der Waals surface area (Å²) in [5.74, 6) is 1.27. The van der Waals surface area contributed by atoms with Crippen LogP contribution in [0, 0.1) is 0 Å². The summed E-state index contributed by atoms with van der Waals surface area (Å²) in [7, 11) is 3.16. The van der Waals surface area contributed by atoms with Crippen molar-refractivity contribution in [2.75, 3.05) is 19.5 Å². The molecule has 0 aliphatic rings. The first-order chi connectivity index (χ1) is 13.2. The van der Waals surface area contributed by atoms with E-state index in [4.69, 9.17) is 13.9 Å². The van der Waals surface area contributed by atoms with Gasteiger partial charge in [-0.1, -0.05) is 18.2 Å². The molecule has 0 fully saturated rings. The van der Waals surface area contributed by atoms with E-state index in [1.807, 2.05) is 41.8 Å². The van der Waals surface area contributed by atoms with Gasteiger partial charge in [0.05, 0.1) is 25.5 Å². The zero-order valence-electron chi connectivity index (χ0n) is 14.7. The van der Waals surface area contributed by atoms with Crippen molar-refractivity contribution < 1.29 is 13.9 Å². The Morgan fingerprint density at radius 1 is 1.07 bits per heavy atom. The van der Waals surface area contributed by atoms with Crippen molar-refractivity contribution in [2.45, 2.75) is 0 Å². The molecule has 0 aliphatic carbocycles. The SMILES string of the molecule is COc1cccc(Nc2nc(-c3cc4cccc(OC)c4oc3=O)cs2)c1. The molecule has 0 atom stereocenters. The molecule has 7 heteroatoms. The quantitative estimate of drug-likeness (QED) is 0.507. The fourth-order valence-corrected chi connectivity index (χ4v) is 3.47. The number of hydrogen-bond acceptors (Lipinski definition) is 7. The van der Waals surface area contributed by atoms with Crippen LogP contribution in [0.1, 0.15) is 0 Å². The number of fused-ring (bicyclic) bond motifs is 1. The number of nitrogens with one attached hydrogen (secondary N) is 1. The van der Waals surface area contributed by atoms with Gasteiger partial charge in [0.25, 0.3) is 0 Å². The normalized spacial score (nSPS) is 10.7. The van der Waals surface area contributed by atoms with E-state index < -0.39 is 5.63 Å². The van der Waals surface area contributed by atoms with Gasteiger partial charge in [-0.25, -0.2) is 9.78 Å². The number of nitrogens with zero attached hydrogens (tertiary/aromatic N) is 1. The topological polar surface area (TPSA) is 73.6 Å². The Labute approximate surface area is 159 Å². The number of benzene rings is 2. The Morgan fingerprint density at radius 3 is 2.74 bits per heavy atom. The summed E-state index contributed by atoms with van der Waals surface area (Å²) in [6, 6.07) is 14.8. The summed E-state index contributed by atoms with van der Waals surface area (Å²) < 4.78 is 15.9. The minimum absolute atomic E-state index is 0.408. The Morgan fingerprint density at radius 2 is 1.93 bits per heavy atom. The molecule has 6 nitrogen and oxygen atoms in total. The standard InChI is InChI=1S/C20H16N2O4S/c1-24-14-7-4-6-13(10-14)21-20-22-16(11-27-20)15-9-12-5-3-8-17(25-2)18(12)26-19(15)23/h3-11H,1-2H3,(H,21,22). The van der Waals surface area contributed by atoms with Crippen LogP contribution < -0.4 is 20.4 Å². The smallest absolute Gasteiger partial charge is 0.345 e. The molecule has 0 unspecified atom stereocenters. The molecule has 136 valence electrons. The second-order valence-corrected chi connectivity index (χ2v) is 6.58. The molecule has 27 heavy (non-hydrogen) atoms. The molecule has 4 rings (SSSR count). The van der Waals surface area contributed by atoms with Crippen molar-refractivity contribution in [3.05, 3.63) is 64.3 Å². The van der Waals surface area contributed by atoms with E-state index in [1.54, 1.807) is 26.4 Å². The van der Waals surface area contributed by atoms with E-state index in [1.165, 1.54) is 11.3 Å². The molecule has 1 N–H and O–H groups in total. The van der Waals surface area contributed by atoms with Crippen molar-refractivity contribution in [3.8, 4) is 22.8 Å². The highest BCUT2D eigenvalue weighted by molar-refractivity contribution is 7.14. The number of methoxy groups -OCH3 is 2. The largest absolute Gasteiger partial charge is 0.497 e. The Bertz CT molecular complexity index is 1170. The molecule has 2 aromatic carbocycles. The summed E-state index contributed by atoms with van der Waals surface area (Å²) >= 11 is 1.41. The molecular weight excluding hydrogens is 364 g/mol. The van der Waals surface area contributed by atoms with E-state index in [-0.39, 0.29) is 0 Å². The third-order valence-electron chi connectivity index (χ3n) is 4.04. The van der Waals surface area contributed by atoms with Crippen LogP contribution in [0.25, 0.3) is 22.2 Å². The lowest BCUT2D eigenvalue weighted by atomic mass is 10.1. The van der Waals surface area contributed by atoms with Crippen molar-refractivity contribution in [1.29, 1.82) is 0 Å². The number of rotatable bonds is 5. The Balaban J connectivity index is 1.68. The van der Waals surface area contributed by atoms with Gasteiger partial charge in [0, 0.05) is 22.5 Å². The second kappa shape index (κ2) is 7.13. The van der Waals surface area contributed by atoms with Crippen molar-refractivity contribution >= 4 is 33.1 Å². The monoisotopic (exact) mass is 380 g/mol. The number of hydrogen-bond donors (Lipinski definition) is 1. The first-order valence-corrected chi connectivity index (χ1v) is 9.04. The Kier molecular flexibility index (Phi) is 4.52. The number of ether oxygens (including phenoxy) is 2. The lowest BCUT2D eigenvalue weighted by molar-refractivity contribution is 0.407. The van der Waals surface area contributed by atoms with E-state index in [0.717, 1.165) is 16.8 Å². The molecule has 0 bridgehead atoms. The minimum Gasteiger partial charge on any atom is -0.497 e. The maximum atomic E-state index is 12.5. The van der Waals surface area contributed by atoms with Crippen LogP contribution >= 0.6 is 11.3 Å². The van der Waals surface area contributed by atoms with Crippen molar-refractivity contribution in [3.63, 3.8) is 0 Å². The average molecular weight is 380 g/mol. The van der Waals surface area contributed by atoms with Crippen LogP contribution in [0.15, 0.2) is 63.1 Å². The van der Waals surface area contributed by atoms with Crippen molar-refractivity contribution in [1.82, 2.24) is 4.98 Å². The molecule has 2 aromatic heterocycles. The molecule has 0 saturated carbocycles. The van der Waals surface area contributed by atoms with Crippen LogP contribution in [0.3, 0.4) is 0 Å². The zero-order valence-corrected chi connectivity index (χ0v) is 15.5. The second-order valence-electron chi connectivity index (χ2n) is 5.72. The highest BCUT2D eigenvalue weighted by atomic mass is 32.1. The third kappa shape index (κ3) is 3.37. The fourth-order valence-electron chi connectivity index (χ4n) is 2.74. The predicted molar refractivity (Wildman–Crippen MR) is 106 cm³/mol. The highest BCUT2D eigenvalue weighted by Gasteiger charge is 2.14. The fraction of sp³-hybridized carbons (Fsp3) is 0.100. The first-order valence-electron chi connectivity index (χ1n) is 8.16. The van der Waals surface area contributed by atoms with Gasteiger partial charge in [-0.15, -0.1) is 11.3 Å². The van der Waals surface area contributed by atoms with Crippen molar-refractivity contribution in [2.24, 2.45) is 0 Å². The molecule has 4 aromatic rings. The average Bonchev–Trinajstić information content (AvgIpc) is 3.15. The van der Waals surface area contributed by atoms with Gasteiger partial charge >= 0.3 is 5.63 Å². The first kappa shape index (κ1) is 17.1. The van der Waals surface area contributed by atoms with Crippen LogP contribution in [-0.4, -0.2) is 19.2 Å². The molecule has 0 amide bonds. The summed E-state index contributed by atoms with van der Waals surface area (Å²) in [6.07, 6.45) is 0. The summed E-state index contributed by atoms with van der Waals surface area (Å²) in [4.78, 5) is 17.0. The van der Waals surface area contributed by atoms with Gasteiger partial charge in [-0.3, -0.25) is 0 Å². The van der Waals surface area contributed by atoms with E-state index >= 15 is 0 Å². The van der Waals surface area contributed by atoms with Gasteiger partial charge in [0.15, 0.2) is 16.5 Å². The van der Waals surface area contributed by atoms with E-state index in [0.29, 0.717) is 27.7 Å². The summed E-state index contributed by atoms with van der Waals surface area (Å²) in [5.41, 5.74) is 1.80. The molecule has 0 spiro atoms. The number of aromatic nitrogens is 1. The molecule has 0 aliphatic heterocycles. The summed E-state index contributed by atoms with van der Waals surface area (Å²) in [5, 5.41) is 6.49.